The number of nitrogens with zero attached hydrogens (tertiary/aromatic N) is 1. The van der Waals surface area contributed by atoms with E-state index in [1.807, 2.05) is 0 Å². The fourth-order valence-corrected chi connectivity index (χ4v) is 2.98. The minimum Gasteiger partial charge on any atom is -0.330 e. The Hall–Kier alpha value is -0.0800. The van der Waals surface area contributed by atoms with Crippen LogP contribution < -0.4 is 5.73 Å². The van der Waals surface area contributed by atoms with E-state index in [-0.39, 0.29) is 0 Å². The first kappa shape index (κ1) is 13.0. The Balaban J connectivity index is 2.59. The normalized spacial score (nSPS) is 32.2. The van der Waals surface area contributed by atoms with Gasteiger partial charge in [0.2, 0.25) is 0 Å². The molecule has 0 spiro atoms. The zero-order valence-corrected chi connectivity index (χ0v) is 10.7. The van der Waals surface area contributed by atoms with Crippen molar-refractivity contribution in [1.29, 1.82) is 0 Å². The molecule has 0 amide bonds. The standard InChI is InChI=1S/C13H28N2/c1-4-8-15(5-2)13-9-11(3)6-7-12(13)10-14/h11-13H,4-10,14H2,1-3H3. The summed E-state index contributed by atoms with van der Waals surface area (Å²) in [6, 6.07) is 0.753. The molecule has 0 aromatic heterocycles. The van der Waals surface area contributed by atoms with Crippen LogP contribution in [0.5, 0.6) is 0 Å². The summed E-state index contributed by atoms with van der Waals surface area (Å²) in [6.45, 7) is 10.2. The van der Waals surface area contributed by atoms with Crippen molar-refractivity contribution in [3.8, 4) is 0 Å². The van der Waals surface area contributed by atoms with Crippen LogP contribution in [-0.2, 0) is 0 Å². The van der Waals surface area contributed by atoms with E-state index >= 15 is 0 Å². The topological polar surface area (TPSA) is 29.3 Å². The van der Waals surface area contributed by atoms with E-state index in [0.717, 1.165) is 24.4 Å². The lowest BCUT2D eigenvalue weighted by Gasteiger charge is -2.41. The molecule has 3 atom stereocenters. The van der Waals surface area contributed by atoms with Crippen LogP contribution in [0, 0.1) is 11.8 Å². The highest BCUT2D eigenvalue weighted by Gasteiger charge is 2.30. The molecule has 0 radical (unpaired) electrons. The van der Waals surface area contributed by atoms with Gasteiger partial charge < -0.3 is 10.6 Å². The summed E-state index contributed by atoms with van der Waals surface area (Å²) >= 11 is 0. The van der Waals surface area contributed by atoms with Crippen LogP contribution in [0.4, 0.5) is 0 Å². The second-order valence-electron chi connectivity index (χ2n) is 5.11. The lowest BCUT2D eigenvalue weighted by Crippen LogP contribution is -2.46. The van der Waals surface area contributed by atoms with Crippen LogP contribution >= 0.6 is 0 Å². The molecule has 0 aromatic rings. The summed E-state index contributed by atoms with van der Waals surface area (Å²) < 4.78 is 0. The van der Waals surface area contributed by atoms with Crippen molar-refractivity contribution in [3.05, 3.63) is 0 Å². The third-order valence-electron chi connectivity index (χ3n) is 3.91. The molecule has 1 fully saturated rings. The molecule has 90 valence electrons. The van der Waals surface area contributed by atoms with E-state index < -0.39 is 0 Å². The molecule has 2 N–H and O–H groups in total. The Morgan fingerprint density at radius 2 is 2.00 bits per heavy atom. The number of rotatable bonds is 5. The summed E-state index contributed by atoms with van der Waals surface area (Å²) in [7, 11) is 0. The van der Waals surface area contributed by atoms with Crippen LogP contribution in [0.2, 0.25) is 0 Å². The molecule has 1 rings (SSSR count). The molecule has 0 heterocycles. The Labute approximate surface area is 95.2 Å². The summed E-state index contributed by atoms with van der Waals surface area (Å²) in [6.07, 6.45) is 5.33. The molecule has 3 unspecified atom stereocenters. The van der Waals surface area contributed by atoms with Gasteiger partial charge in [-0.05, 0) is 50.7 Å². The molecule has 15 heavy (non-hydrogen) atoms. The lowest BCUT2D eigenvalue weighted by molar-refractivity contribution is 0.0904. The van der Waals surface area contributed by atoms with Crippen LogP contribution in [0.15, 0.2) is 0 Å². The summed E-state index contributed by atoms with van der Waals surface area (Å²) in [5, 5.41) is 0. The van der Waals surface area contributed by atoms with Gasteiger partial charge in [-0.1, -0.05) is 27.2 Å². The van der Waals surface area contributed by atoms with E-state index in [9.17, 15) is 0 Å². The van der Waals surface area contributed by atoms with Gasteiger partial charge in [-0.3, -0.25) is 0 Å². The Kier molecular flexibility index (Phi) is 5.62. The van der Waals surface area contributed by atoms with Gasteiger partial charge in [0.05, 0.1) is 0 Å². The minimum atomic E-state index is 0.743. The SMILES string of the molecule is CCCN(CC)C1CC(C)CCC1CN. The van der Waals surface area contributed by atoms with Crippen molar-refractivity contribution in [1.82, 2.24) is 4.90 Å². The first-order valence-corrected chi connectivity index (χ1v) is 6.67. The third-order valence-corrected chi connectivity index (χ3v) is 3.91. The molecule has 2 nitrogen and oxygen atoms in total. The van der Waals surface area contributed by atoms with Crippen LogP contribution in [0.25, 0.3) is 0 Å². The van der Waals surface area contributed by atoms with Crippen LogP contribution in [-0.4, -0.2) is 30.6 Å². The number of hydrogen-bond donors (Lipinski definition) is 1. The second-order valence-corrected chi connectivity index (χ2v) is 5.11. The average Bonchev–Trinajstić information content (AvgIpc) is 2.26. The van der Waals surface area contributed by atoms with Crippen LogP contribution in [0.3, 0.4) is 0 Å². The molecule has 0 saturated heterocycles. The maximum absolute atomic E-state index is 5.90. The van der Waals surface area contributed by atoms with Crippen LogP contribution in [0.1, 0.15) is 46.5 Å². The fourth-order valence-electron chi connectivity index (χ4n) is 2.98. The van der Waals surface area contributed by atoms with Gasteiger partial charge in [0.1, 0.15) is 0 Å². The Morgan fingerprint density at radius 3 is 2.53 bits per heavy atom. The van der Waals surface area contributed by atoms with Crippen molar-refractivity contribution in [2.75, 3.05) is 19.6 Å². The van der Waals surface area contributed by atoms with Gasteiger partial charge in [-0.25, -0.2) is 0 Å². The zero-order chi connectivity index (χ0) is 11.3. The highest BCUT2D eigenvalue weighted by molar-refractivity contribution is 4.85. The Bertz CT molecular complexity index is 170. The average molecular weight is 212 g/mol. The minimum absolute atomic E-state index is 0.743. The molecule has 1 aliphatic carbocycles. The second kappa shape index (κ2) is 6.49. The lowest BCUT2D eigenvalue weighted by atomic mass is 9.78. The fraction of sp³-hybridized carbons (Fsp3) is 1.00. The predicted octanol–water partition coefficient (Wildman–Crippen LogP) is 2.48. The smallest absolute Gasteiger partial charge is 0.0138 e. The monoisotopic (exact) mass is 212 g/mol. The van der Waals surface area contributed by atoms with Gasteiger partial charge in [0, 0.05) is 6.04 Å². The van der Waals surface area contributed by atoms with E-state index in [1.54, 1.807) is 0 Å². The molecular weight excluding hydrogens is 184 g/mol. The molecule has 0 aliphatic heterocycles. The highest BCUT2D eigenvalue weighted by atomic mass is 15.2. The predicted molar refractivity (Wildman–Crippen MR) is 66.9 cm³/mol. The number of hydrogen-bond acceptors (Lipinski definition) is 2. The van der Waals surface area contributed by atoms with E-state index in [1.165, 1.54) is 38.8 Å². The van der Waals surface area contributed by atoms with Gasteiger partial charge in [-0.15, -0.1) is 0 Å². The first-order valence-electron chi connectivity index (χ1n) is 6.67. The van der Waals surface area contributed by atoms with Crippen molar-refractivity contribution >= 4 is 0 Å². The maximum atomic E-state index is 5.90. The van der Waals surface area contributed by atoms with Gasteiger partial charge in [0.25, 0.3) is 0 Å². The van der Waals surface area contributed by atoms with Crippen molar-refractivity contribution in [2.45, 2.75) is 52.5 Å². The van der Waals surface area contributed by atoms with Crippen molar-refractivity contribution in [3.63, 3.8) is 0 Å². The molecule has 1 saturated carbocycles. The molecule has 0 bridgehead atoms. The van der Waals surface area contributed by atoms with Gasteiger partial charge in [-0.2, -0.15) is 0 Å². The quantitative estimate of drug-likeness (QED) is 0.758. The molecule has 2 heteroatoms. The highest BCUT2D eigenvalue weighted by Crippen LogP contribution is 2.31. The molecular formula is C13H28N2. The summed E-state index contributed by atoms with van der Waals surface area (Å²) in [5.41, 5.74) is 5.90. The maximum Gasteiger partial charge on any atom is 0.0138 e. The third kappa shape index (κ3) is 3.46. The first-order chi connectivity index (χ1) is 7.22. The van der Waals surface area contributed by atoms with E-state index in [0.29, 0.717) is 0 Å². The summed E-state index contributed by atoms with van der Waals surface area (Å²) in [4.78, 5) is 2.65. The van der Waals surface area contributed by atoms with E-state index in [2.05, 4.69) is 25.7 Å². The van der Waals surface area contributed by atoms with Gasteiger partial charge in [0.15, 0.2) is 0 Å². The van der Waals surface area contributed by atoms with Crippen molar-refractivity contribution < 1.29 is 0 Å². The molecule has 0 aromatic carbocycles. The van der Waals surface area contributed by atoms with Crippen molar-refractivity contribution in [2.24, 2.45) is 17.6 Å². The zero-order valence-electron chi connectivity index (χ0n) is 10.7. The van der Waals surface area contributed by atoms with Gasteiger partial charge >= 0.3 is 0 Å². The number of nitrogens with two attached hydrogens (primary N) is 1. The summed E-state index contributed by atoms with van der Waals surface area (Å²) in [5.74, 6) is 1.64. The largest absolute Gasteiger partial charge is 0.330 e. The van der Waals surface area contributed by atoms with E-state index in [4.69, 9.17) is 5.73 Å². The molecule has 1 aliphatic rings. The Morgan fingerprint density at radius 1 is 1.27 bits per heavy atom.